The van der Waals surface area contributed by atoms with Crippen LogP contribution in [-0.4, -0.2) is 30.4 Å². The standard InChI is InChI=1S/C26H27N3O3/c1-19-11-12-25(32-19)24(29-13-4-5-14-29)17-28-26(30)20-9-6-10-23(15-20)31-18-22-8-3-2-7-21(22)16-27/h2-3,6-12,15,24H,4-5,13-14,17-18H2,1H3,(H,28,30). The number of ether oxygens (including phenoxy) is 1. The van der Waals surface area contributed by atoms with Gasteiger partial charge in [0.05, 0.1) is 17.7 Å². The summed E-state index contributed by atoms with van der Waals surface area (Å²) < 4.78 is 11.7. The van der Waals surface area contributed by atoms with E-state index >= 15 is 0 Å². The fourth-order valence-electron chi connectivity index (χ4n) is 4.03. The van der Waals surface area contributed by atoms with Gasteiger partial charge in [-0.05, 0) is 69.3 Å². The third kappa shape index (κ3) is 5.19. The Morgan fingerprint density at radius 3 is 2.72 bits per heavy atom. The maximum Gasteiger partial charge on any atom is 0.251 e. The van der Waals surface area contributed by atoms with Crippen molar-refractivity contribution >= 4 is 5.91 Å². The van der Waals surface area contributed by atoms with Gasteiger partial charge in [-0.2, -0.15) is 5.26 Å². The maximum atomic E-state index is 12.9. The summed E-state index contributed by atoms with van der Waals surface area (Å²) in [7, 11) is 0. The number of carbonyl (C=O) groups is 1. The van der Waals surface area contributed by atoms with Crippen LogP contribution in [0.25, 0.3) is 0 Å². The third-order valence-corrected chi connectivity index (χ3v) is 5.76. The SMILES string of the molecule is Cc1ccc(C(CNC(=O)c2cccc(OCc3ccccc3C#N)c2)N2CCCC2)o1. The first kappa shape index (κ1) is 21.7. The Labute approximate surface area is 188 Å². The van der Waals surface area contributed by atoms with Gasteiger partial charge < -0.3 is 14.5 Å². The number of hydrogen-bond acceptors (Lipinski definition) is 5. The molecule has 0 radical (unpaired) electrons. The lowest BCUT2D eigenvalue weighted by molar-refractivity contribution is 0.0933. The molecule has 1 N–H and O–H groups in total. The molecule has 4 rings (SSSR count). The van der Waals surface area contributed by atoms with E-state index < -0.39 is 0 Å². The lowest BCUT2D eigenvalue weighted by Gasteiger charge is -2.26. The zero-order chi connectivity index (χ0) is 22.3. The molecule has 0 saturated carbocycles. The Bertz CT molecular complexity index is 1110. The highest BCUT2D eigenvalue weighted by Gasteiger charge is 2.26. The minimum Gasteiger partial charge on any atom is -0.489 e. The lowest BCUT2D eigenvalue weighted by atomic mass is 10.1. The van der Waals surface area contributed by atoms with Gasteiger partial charge >= 0.3 is 0 Å². The molecule has 6 heteroatoms. The van der Waals surface area contributed by atoms with E-state index in [4.69, 9.17) is 9.15 Å². The van der Waals surface area contributed by atoms with Crippen molar-refractivity contribution in [3.8, 4) is 11.8 Å². The van der Waals surface area contributed by atoms with Gasteiger partial charge in [0.25, 0.3) is 5.91 Å². The van der Waals surface area contributed by atoms with Crippen LogP contribution in [-0.2, 0) is 6.61 Å². The van der Waals surface area contributed by atoms with Crippen molar-refractivity contribution in [2.75, 3.05) is 19.6 Å². The molecule has 2 heterocycles. The molecular weight excluding hydrogens is 402 g/mol. The molecule has 2 aromatic carbocycles. The van der Waals surface area contributed by atoms with Crippen molar-refractivity contribution < 1.29 is 13.9 Å². The Hall–Kier alpha value is -3.56. The van der Waals surface area contributed by atoms with Gasteiger partial charge in [-0.25, -0.2) is 0 Å². The van der Waals surface area contributed by atoms with Gasteiger partial charge in [0.2, 0.25) is 0 Å². The third-order valence-electron chi connectivity index (χ3n) is 5.76. The van der Waals surface area contributed by atoms with Crippen molar-refractivity contribution in [3.05, 3.63) is 88.9 Å². The van der Waals surface area contributed by atoms with E-state index in [-0.39, 0.29) is 18.6 Å². The maximum absolute atomic E-state index is 12.9. The van der Waals surface area contributed by atoms with Gasteiger partial charge in [-0.1, -0.05) is 24.3 Å². The highest BCUT2D eigenvalue weighted by Crippen LogP contribution is 2.26. The minimum atomic E-state index is -0.152. The quantitative estimate of drug-likeness (QED) is 0.566. The Kier molecular flexibility index (Phi) is 6.88. The van der Waals surface area contributed by atoms with E-state index in [1.807, 2.05) is 43.3 Å². The molecule has 0 bridgehead atoms. The smallest absolute Gasteiger partial charge is 0.251 e. The molecule has 1 saturated heterocycles. The predicted molar refractivity (Wildman–Crippen MR) is 121 cm³/mol. The number of furan rings is 1. The summed E-state index contributed by atoms with van der Waals surface area (Å²) in [5.74, 6) is 2.19. The number of rotatable bonds is 8. The number of benzene rings is 2. The summed E-state index contributed by atoms with van der Waals surface area (Å²) in [5, 5.41) is 12.3. The van der Waals surface area contributed by atoms with Crippen LogP contribution in [0.1, 0.15) is 51.9 Å². The summed E-state index contributed by atoms with van der Waals surface area (Å²) >= 11 is 0. The van der Waals surface area contributed by atoms with Crippen LogP contribution in [0.2, 0.25) is 0 Å². The van der Waals surface area contributed by atoms with Crippen LogP contribution in [0.5, 0.6) is 5.75 Å². The molecule has 32 heavy (non-hydrogen) atoms. The highest BCUT2D eigenvalue weighted by molar-refractivity contribution is 5.94. The number of carbonyl (C=O) groups excluding carboxylic acids is 1. The summed E-state index contributed by atoms with van der Waals surface area (Å²) in [6.45, 7) is 4.70. The highest BCUT2D eigenvalue weighted by atomic mass is 16.5. The Morgan fingerprint density at radius 2 is 1.97 bits per heavy atom. The number of aryl methyl sites for hydroxylation is 1. The second-order valence-electron chi connectivity index (χ2n) is 8.00. The van der Waals surface area contributed by atoms with E-state index in [9.17, 15) is 10.1 Å². The zero-order valence-electron chi connectivity index (χ0n) is 18.2. The molecule has 1 atom stereocenters. The molecule has 1 fully saturated rings. The van der Waals surface area contributed by atoms with E-state index in [1.54, 1.807) is 24.3 Å². The van der Waals surface area contributed by atoms with Crippen LogP contribution in [0.4, 0.5) is 0 Å². The van der Waals surface area contributed by atoms with Gasteiger partial charge in [0.15, 0.2) is 0 Å². The molecule has 0 spiro atoms. The Morgan fingerprint density at radius 1 is 1.16 bits per heavy atom. The van der Waals surface area contributed by atoms with Gasteiger partial charge in [0, 0.05) is 17.7 Å². The number of likely N-dealkylation sites (tertiary alicyclic amines) is 1. The number of nitriles is 1. The number of nitrogens with one attached hydrogen (secondary N) is 1. The van der Waals surface area contributed by atoms with Gasteiger partial charge in [0.1, 0.15) is 23.9 Å². The van der Waals surface area contributed by atoms with E-state index in [0.29, 0.717) is 23.4 Å². The molecule has 3 aromatic rings. The van der Waals surface area contributed by atoms with Crippen LogP contribution in [0, 0.1) is 18.3 Å². The predicted octanol–water partition coefficient (Wildman–Crippen LogP) is 4.61. The number of amides is 1. The second kappa shape index (κ2) is 10.2. The van der Waals surface area contributed by atoms with Crippen molar-refractivity contribution in [1.29, 1.82) is 5.26 Å². The summed E-state index contributed by atoms with van der Waals surface area (Å²) in [5.41, 5.74) is 1.93. The van der Waals surface area contributed by atoms with Crippen LogP contribution in [0.15, 0.2) is 65.1 Å². The summed E-state index contributed by atoms with van der Waals surface area (Å²) in [6.07, 6.45) is 2.33. The van der Waals surface area contributed by atoms with Gasteiger partial charge in [-0.15, -0.1) is 0 Å². The average molecular weight is 430 g/mol. The van der Waals surface area contributed by atoms with Crippen LogP contribution >= 0.6 is 0 Å². The normalized spacial score (nSPS) is 14.6. The van der Waals surface area contributed by atoms with Crippen LogP contribution in [0.3, 0.4) is 0 Å². The first-order valence-corrected chi connectivity index (χ1v) is 10.9. The Balaban J connectivity index is 1.40. The largest absolute Gasteiger partial charge is 0.489 e. The van der Waals surface area contributed by atoms with E-state index in [1.165, 1.54) is 12.8 Å². The molecule has 1 aliphatic heterocycles. The minimum absolute atomic E-state index is 0.0251. The lowest BCUT2D eigenvalue weighted by Crippen LogP contribution is -2.36. The monoisotopic (exact) mass is 429 g/mol. The van der Waals surface area contributed by atoms with Gasteiger partial charge in [-0.3, -0.25) is 9.69 Å². The van der Waals surface area contributed by atoms with Crippen molar-refractivity contribution in [3.63, 3.8) is 0 Å². The molecule has 1 amide bonds. The topological polar surface area (TPSA) is 78.5 Å². The van der Waals surface area contributed by atoms with Crippen LogP contribution < -0.4 is 10.1 Å². The number of nitrogens with zero attached hydrogens (tertiary/aromatic N) is 2. The fourth-order valence-corrected chi connectivity index (χ4v) is 4.03. The molecule has 1 aliphatic rings. The molecule has 1 unspecified atom stereocenters. The van der Waals surface area contributed by atoms with Crippen molar-refractivity contribution in [2.45, 2.75) is 32.4 Å². The van der Waals surface area contributed by atoms with E-state index in [2.05, 4.69) is 16.3 Å². The van der Waals surface area contributed by atoms with Crippen molar-refractivity contribution in [1.82, 2.24) is 10.2 Å². The molecule has 6 nitrogen and oxygen atoms in total. The summed E-state index contributed by atoms with van der Waals surface area (Å²) in [6, 6.07) is 20.6. The van der Waals surface area contributed by atoms with Crippen molar-refractivity contribution in [2.24, 2.45) is 0 Å². The van der Waals surface area contributed by atoms with E-state index in [0.717, 1.165) is 30.2 Å². The zero-order valence-corrected chi connectivity index (χ0v) is 18.2. The number of hydrogen-bond donors (Lipinski definition) is 1. The first-order chi connectivity index (χ1) is 15.6. The second-order valence-corrected chi connectivity index (χ2v) is 8.00. The molecule has 164 valence electrons. The summed E-state index contributed by atoms with van der Waals surface area (Å²) in [4.78, 5) is 15.2. The average Bonchev–Trinajstić information content (AvgIpc) is 3.50. The molecule has 1 aromatic heterocycles. The fraction of sp³-hybridized carbons (Fsp3) is 0.308. The molecular formula is C26H27N3O3. The first-order valence-electron chi connectivity index (χ1n) is 10.9. The molecule has 0 aliphatic carbocycles.